The number of anilines is 2. The number of likely N-dealkylation sites (N-methyl/N-ethyl adjacent to an activating group) is 1. The normalized spacial score (nSPS) is 17.4. The fraction of sp³-hybridized carbons (Fsp3) is 0.367. The molecule has 4 heterocycles. The van der Waals surface area contributed by atoms with Gasteiger partial charge in [-0.15, -0.1) is 11.3 Å². The van der Waals surface area contributed by atoms with Crippen LogP contribution < -0.4 is 15.5 Å². The van der Waals surface area contributed by atoms with Crippen molar-refractivity contribution in [2.75, 3.05) is 76.3 Å². The maximum absolute atomic E-state index is 13.4. The van der Waals surface area contributed by atoms with E-state index in [0.717, 1.165) is 55.2 Å². The van der Waals surface area contributed by atoms with E-state index in [1.54, 1.807) is 6.07 Å². The van der Waals surface area contributed by atoms with Crippen LogP contribution in [0.15, 0.2) is 60.7 Å². The molecular weight excluding hydrogens is 538 g/mol. The summed E-state index contributed by atoms with van der Waals surface area (Å²) in [5.74, 6) is 0.0287. The molecule has 2 amide bonds. The summed E-state index contributed by atoms with van der Waals surface area (Å²) in [6, 6.07) is 19.3. The summed E-state index contributed by atoms with van der Waals surface area (Å²) in [7, 11) is 2.13. The molecule has 11 heteroatoms. The highest BCUT2D eigenvalue weighted by molar-refractivity contribution is 7.21. The lowest BCUT2D eigenvalue weighted by Crippen LogP contribution is -2.44. The maximum atomic E-state index is 13.4. The van der Waals surface area contributed by atoms with Crippen LogP contribution in [-0.4, -0.2) is 97.9 Å². The molecule has 2 aliphatic rings. The van der Waals surface area contributed by atoms with Gasteiger partial charge in [-0.3, -0.25) is 19.6 Å². The number of amides is 2. The smallest absolute Gasteiger partial charge is 0.261 e. The van der Waals surface area contributed by atoms with E-state index >= 15 is 0 Å². The Bertz CT molecular complexity index is 1470. The summed E-state index contributed by atoms with van der Waals surface area (Å²) in [5, 5.41) is 13.4. The van der Waals surface area contributed by atoms with Crippen LogP contribution in [0.5, 0.6) is 0 Å². The number of rotatable bonds is 8. The molecule has 2 aromatic carbocycles. The van der Waals surface area contributed by atoms with Crippen LogP contribution in [-0.2, 0) is 4.74 Å². The van der Waals surface area contributed by atoms with Gasteiger partial charge in [0.05, 0.1) is 34.3 Å². The standard InChI is InChI=1S/C30H35N7O3S/c1-35-11-13-37(14-12-35)23-9-7-22(8-10-23)29(38)32-28-27-24(33-34-28)19-26(41-27)30(39)31-25(21-5-3-2-4-6-21)20-36-15-17-40-18-16-36/h2-10,19,25H,11-18,20H2,1H3,(H,31,39)(H2,32,33,34,38)/t25-/m1/s1. The summed E-state index contributed by atoms with van der Waals surface area (Å²) in [4.78, 5) is 34.0. The van der Waals surface area contributed by atoms with Crippen molar-refractivity contribution in [3.05, 3.63) is 76.7 Å². The van der Waals surface area contributed by atoms with Gasteiger partial charge in [0.15, 0.2) is 5.82 Å². The Morgan fingerprint density at radius 1 is 0.976 bits per heavy atom. The molecule has 2 aliphatic heterocycles. The number of ether oxygens (including phenoxy) is 1. The minimum absolute atomic E-state index is 0.154. The number of morpholine rings is 1. The molecule has 0 unspecified atom stereocenters. The predicted molar refractivity (Wildman–Crippen MR) is 162 cm³/mol. The number of thiophene rings is 1. The molecule has 1 atom stereocenters. The minimum Gasteiger partial charge on any atom is -0.379 e. The Labute approximate surface area is 243 Å². The third-order valence-corrected chi connectivity index (χ3v) is 8.88. The number of hydrogen-bond donors (Lipinski definition) is 3. The first kappa shape index (κ1) is 27.4. The molecule has 6 rings (SSSR count). The Morgan fingerprint density at radius 2 is 1.71 bits per heavy atom. The topological polar surface area (TPSA) is 106 Å². The zero-order valence-electron chi connectivity index (χ0n) is 23.1. The fourth-order valence-electron chi connectivity index (χ4n) is 5.27. The number of aromatic nitrogens is 2. The quantitative estimate of drug-likeness (QED) is 0.297. The highest BCUT2D eigenvalue weighted by Crippen LogP contribution is 2.31. The van der Waals surface area contributed by atoms with Crippen molar-refractivity contribution in [1.82, 2.24) is 25.3 Å². The SMILES string of the molecule is CN1CCN(c2ccc(C(=O)Nc3n[nH]c4cc(C(=O)N[C@H](CN5CCOCC5)c5ccccc5)sc34)cc2)CC1. The van der Waals surface area contributed by atoms with Gasteiger partial charge in [0.2, 0.25) is 0 Å². The van der Waals surface area contributed by atoms with E-state index in [-0.39, 0.29) is 17.9 Å². The molecular formula is C30H35N7O3S. The van der Waals surface area contributed by atoms with E-state index in [1.807, 2.05) is 54.6 Å². The first-order chi connectivity index (χ1) is 20.0. The van der Waals surface area contributed by atoms with E-state index in [9.17, 15) is 9.59 Å². The molecule has 2 saturated heterocycles. The lowest BCUT2D eigenvalue weighted by molar-refractivity contribution is 0.0332. The van der Waals surface area contributed by atoms with Crippen LogP contribution in [0, 0.1) is 0 Å². The van der Waals surface area contributed by atoms with Gasteiger partial charge in [0.25, 0.3) is 11.8 Å². The highest BCUT2D eigenvalue weighted by atomic mass is 32.1. The highest BCUT2D eigenvalue weighted by Gasteiger charge is 2.23. The lowest BCUT2D eigenvalue weighted by atomic mass is 10.1. The molecule has 3 N–H and O–H groups in total. The zero-order valence-corrected chi connectivity index (χ0v) is 24.0. The van der Waals surface area contributed by atoms with Crippen LogP contribution >= 0.6 is 11.3 Å². The first-order valence-corrected chi connectivity index (χ1v) is 14.8. The zero-order chi connectivity index (χ0) is 28.2. The second-order valence-electron chi connectivity index (χ2n) is 10.6. The number of fused-ring (bicyclic) bond motifs is 1. The third-order valence-electron chi connectivity index (χ3n) is 7.74. The van der Waals surface area contributed by atoms with Gasteiger partial charge in [-0.1, -0.05) is 30.3 Å². The second-order valence-corrected chi connectivity index (χ2v) is 11.6. The van der Waals surface area contributed by atoms with Crippen molar-refractivity contribution in [2.45, 2.75) is 6.04 Å². The fourth-order valence-corrected chi connectivity index (χ4v) is 6.23. The molecule has 10 nitrogen and oxygen atoms in total. The maximum Gasteiger partial charge on any atom is 0.261 e. The number of carbonyl (C=O) groups excluding carboxylic acids is 2. The number of nitrogens with zero attached hydrogens (tertiary/aromatic N) is 4. The van der Waals surface area contributed by atoms with Gasteiger partial charge in [-0.25, -0.2) is 0 Å². The number of nitrogens with one attached hydrogen (secondary N) is 3. The van der Waals surface area contributed by atoms with Gasteiger partial charge >= 0.3 is 0 Å². The van der Waals surface area contributed by atoms with E-state index in [0.29, 0.717) is 41.5 Å². The van der Waals surface area contributed by atoms with Gasteiger partial charge in [0, 0.05) is 57.1 Å². The largest absolute Gasteiger partial charge is 0.379 e. The summed E-state index contributed by atoms with van der Waals surface area (Å²) in [6.07, 6.45) is 0. The van der Waals surface area contributed by atoms with E-state index in [2.05, 4.69) is 42.6 Å². The van der Waals surface area contributed by atoms with Crippen LogP contribution in [0.1, 0.15) is 31.6 Å². The first-order valence-electron chi connectivity index (χ1n) is 14.0. The van der Waals surface area contributed by atoms with Gasteiger partial charge in [-0.2, -0.15) is 5.10 Å². The van der Waals surface area contributed by atoms with Crippen LogP contribution in [0.25, 0.3) is 10.2 Å². The van der Waals surface area contributed by atoms with Crippen molar-refractivity contribution >= 4 is 44.9 Å². The average molecular weight is 574 g/mol. The van der Waals surface area contributed by atoms with Crippen molar-refractivity contribution in [1.29, 1.82) is 0 Å². The monoisotopic (exact) mass is 573 g/mol. The Morgan fingerprint density at radius 3 is 2.44 bits per heavy atom. The molecule has 0 aliphatic carbocycles. The van der Waals surface area contributed by atoms with Gasteiger partial charge in [0.1, 0.15) is 0 Å². The number of carbonyl (C=O) groups is 2. The number of H-pyrrole nitrogens is 1. The van der Waals surface area contributed by atoms with Gasteiger partial charge < -0.3 is 25.2 Å². The number of hydrogen-bond acceptors (Lipinski definition) is 8. The Hall–Kier alpha value is -3.77. The van der Waals surface area contributed by atoms with Crippen LogP contribution in [0.4, 0.5) is 11.5 Å². The molecule has 4 aromatic rings. The molecule has 41 heavy (non-hydrogen) atoms. The van der Waals surface area contributed by atoms with E-state index in [1.165, 1.54) is 11.3 Å². The van der Waals surface area contributed by atoms with E-state index in [4.69, 9.17) is 4.74 Å². The van der Waals surface area contributed by atoms with Crippen molar-refractivity contribution < 1.29 is 14.3 Å². The molecule has 0 bridgehead atoms. The average Bonchev–Trinajstić information content (AvgIpc) is 3.60. The second kappa shape index (κ2) is 12.4. The number of benzene rings is 2. The molecule has 2 aromatic heterocycles. The summed E-state index contributed by atoms with van der Waals surface area (Å²) >= 11 is 1.32. The van der Waals surface area contributed by atoms with E-state index < -0.39 is 0 Å². The minimum atomic E-state index is -0.239. The van der Waals surface area contributed by atoms with Crippen molar-refractivity contribution in [3.8, 4) is 0 Å². The molecule has 214 valence electrons. The Balaban J connectivity index is 1.13. The summed E-state index contributed by atoms with van der Waals surface area (Å²) in [6.45, 7) is 7.79. The summed E-state index contributed by atoms with van der Waals surface area (Å²) in [5.41, 5.74) is 3.45. The third kappa shape index (κ3) is 6.43. The number of piperazine rings is 1. The lowest BCUT2D eigenvalue weighted by Gasteiger charge is -2.34. The molecule has 0 spiro atoms. The van der Waals surface area contributed by atoms with Gasteiger partial charge in [-0.05, 0) is 42.9 Å². The molecule has 0 saturated carbocycles. The van der Waals surface area contributed by atoms with Crippen molar-refractivity contribution in [2.24, 2.45) is 0 Å². The Kier molecular flexibility index (Phi) is 8.28. The molecule has 0 radical (unpaired) electrons. The number of aromatic amines is 1. The van der Waals surface area contributed by atoms with Crippen LogP contribution in [0.3, 0.4) is 0 Å². The molecule has 2 fully saturated rings. The predicted octanol–water partition coefficient (Wildman–Crippen LogP) is 3.43. The van der Waals surface area contributed by atoms with Crippen molar-refractivity contribution in [3.63, 3.8) is 0 Å². The summed E-state index contributed by atoms with van der Waals surface area (Å²) < 4.78 is 6.23. The van der Waals surface area contributed by atoms with Crippen LogP contribution in [0.2, 0.25) is 0 Å².